The summed E-state index contributed by atoms with van der Waals surface area (Å²) in [6.07, 6.45) is 0. The highest BCUT2D eigenvalue weighted by Gasteiger charge is 2.23. The third-order valence-electron chi connectivity index (χ3n) is 13.5. The van der Waals surface area contributed by atoms with Gasteiger partial charge >= 0.3 is 0 Å². The van der Waals surface area contributed by atoms with Gasteiger partial charge in [-0.1, -0.05) is 176 Å². The minimum atomic E-state index is 0.628. The fourth-order valence-corrected chi connectivity index (χ4v) is 10.4. The molecule has 0 aliphatic rings. The van der Waals surface area contributed by atoms with Crippen LogP contribution in [0, 0.1) is 0 Å². The molecule has 14 rings (SSSR count). The molecule has 0 aliphatic carbocycles. The highest BCUT2D eigenvalue weighted by molar-refractivity contribution is 6.22. The van der Waals surface area contributed by atoms with Crippen LogP contribution in [-0.2, 0) is 0 Å². The molecule has 306 valence electrons. The Bertz CT molecular complexity index is 4240. The van der Waals surface area contributed by atoms with Crippen LogP contribution in [0.15, 0.2) is 224 Å². The van der Waals surface area contributed by atoms with Gasteiger partial charge in [0.2, 0.25) is 0 Å². The summed E-state index contributed by atoms with van der Waals surface area (Å²) in [5, 5.41) is 14.3. The standard InChI is InChI=1S/C61H37N5/c1-2-15-41(16-3-1)59-62-60(64-61(63-59)44-31-29-40-28-27-39-14-4-6-18-47(39)52(40)36-44)43-30-26-38-32-33-46(35-45(38)34-43)65-55-25-13-10-22-51(55)57-56(65)37-42-17-5-7-19-48(42)58(57)66-53-23-11-8-20-49(53)50-21-9-12-24-54(50)66/h1-37H. The molecule has 0 N–H and O–H groups in total. The number of fused-ring (bicyclic) bond motifs is 11. The van der Waals surface area contributed by atoms with Gasteiger partial charge in [0.05, 0.1) is 27.8 Å². The van der Waals surface area contributed by atoms with Crippen LogP contribution in [0.5, 0.6) is 0 Å². The summed E-state index contributed by atoms with van der Waals surface area (Å²) in [6, 6.07) is 80.6. The molecule has 0 fully saturated rings. The van der Waals surface area contributed by atoms with Crippen molar-refractivity contribution in [3.8, 4) is 45.5 Å². The van der Waals surface area contributed by atoms with Crippen LogP contribution < -0.4 is 0 Å². The summed E-state index contributed by atoms with van der Waals surface area (Å²) >= 11 is 0. The molecule has 0 aliphatic heterocycles. The minimum absolute atomic E-state index is 0.628. The Labute approximate surface area is 379 Å². The van der Waals surface area contributed by atoms with Crippen molar-refractivity contribution >= 4 is 86.7 Å². The number of para-hydroxylation sites is 3. The predicted octanol–water partition coefficient (Wildman–Crippen LogP) is 15.7. The van der Waals surface area contributed by atoms with E-state index in [0.29, 0.717) is 17.5 Å². The minimum Gasteiger partial charge on any atom is -0.309 e. The van der Waals surface area contributed by atoms with Crippen molar-refractivity contribution in [2.24, 2.45) is 0 Å². The van der Waals surface area contributed by atoms with E-state index in [-0.39, 0.29) is 0 Å². The predicted molar refractivity (Wildman–Crippen MR) is 275 cm³/mol. The van der Waals surface area contributed by atoms with Gasteiger partial charge in [-0.25, -0.2) is 15.0 Å². The Morgan fingerprint density at radius 3 is 1.47 bits per heavy atom. The lowest BCUT2D eigenvalue weighted by molar-refractivity contribution is 1.07. The Kier molecular flexibility index (Phi) is 7.91. The van der Waals surface area contributed by atoms with Gasteiger partial charge in [0, 0.05) is 49.3 Å². The maximum Gasteiger partial charge on any atom is 0.164 e. The van der Waals surface area contributed by atoms with E-state index in [4.69, 9.17) is 15.0 Å². The molecule has 66 heavy (non-hydrogen) atoms. The van der Waals surface area contributed by atoms with Gasteiger partial charge in [0.15, 0.2) is 17.5 Å². The van der Waals surface area contributed by atoms with E-state index in [2.05, 4.69) is 215 Å². The van der Waals surface area contributed by atoms with Crippen LogP contribution >= 0.6 is 0 Å². The van der Waals surface area contributed by atoms with Crippen LogP contribution in [0.4, 0.5) is 0 Å². The molecule has 3 heterocycles. The molecule has 14 aromatic rings. The SMILES string of the molecule is c1ccc(-c2nc(-c3ccc4ccc(-n5c6ccccc6c6c(-n7c8ccccc8c8ccccc87)c7ccccc7cc65)cc4c3)nc(-c3ccc4ccc5ccccc5c4c3)n2)cc1. The molecule has 3 aromatic heterocycles. The summed E-state index contributed by atoms with van der Waals surface area (Å²) in [4.78, 5) is 15.5. The van der Waals surface area contributed by atoms with E-state index in [9.17, 15) is 0 Å². The molecule has 0 unspecified atom stereocenters. The quantitative estimate of drug-likeness (QED) is 0.162. The van der Waals surface area contributed by atoms with Crippen molar-refractivity contribution < 1.29 is 0 Å². The summed E-state index contributed by atoms with van der Waals surface area (Å²) in [6.45, 7) is 0. The van der Waals surface area contributed by atoms with Gasteiger partial charge in [-0.3, -0.25) is 0 Å². The molecule has 5 heteroatoms. The van der Waals surface area contributed by atoms with Gasteiger partial charge in [-0.2, -0.15) is 0 Å². The first-order valence-electron chi connectivity index (χ1n) is 22.4. The first-order chi connectivity index (χ1) is 32.7. The van der Waals surface area contributed by atoms with Crippen LogP contribution in [0.1, 0.15) is 0 Å². The maximum absolute atomic E-state index is 5.22. The van der Waals surface area contributed by atoms with Crippen molar-refractivity contribution in [1.29, 1.82) is 0 Å². The smallest absolute Gasteiger partial charge is 0.164 e. The summed E-state index contributed by atoms with van der Waals surface area (Å²) in [5.74, 6) is 1.90. The Morgan fingerprint density at radius 2 is 0.758 bits per heavy atom. The van der Waals surface area contributed by atoms with Crippen molar-refractivity contribution in [2.75, 3.05) is 0 Å². The van der Waals surface area contributed by atoms with Crippen molar-refractivity contribution in [2.45, 2.75) is 0 Å². The lowest BCUT2D eigenvalue weighted by atomic mass is 10.00. The second-order valence-corrected chi connectivity index (χ2v) is 17.2. The molecule has 0 spiro atoms. The molecule has 0 atom stereocenters. The topological polar surface area (TPSA) is 48.5 Å². The van der Waals surface area contributed by atoms with E-state index in [0.717, 1.165) is 44.2 Å². The third kappa shape index (κ3) is 5.57. The van der Waals surface area contributed by atoms with Crippen molar-refractivity contribution in [3.05, 3.63) is 224 Å². The molecule has 5 nitrogen and oxygen atoms in total. The van der Waals surface area contributed by atoms with E-state index in [1.54, 1.807) is 0 Å². The highest BCUT2D eigenvalue weighted by atomic mass is 15.0. The van der Waals surface area contributed by atoms with Crippen LogP contribution in [0.3, 0.4) is 0 Å². The van der Waals surface area contributed by atoms with Gasteiger partial charge < -0.3 is 9.13 Å². The fourth-order valence-electron chi connectivity index (χ4n) is 10.4. The van der Waals surface area contributed by atoms with E-state index in [1.165, 1.54) is 70.6 Å². The lowest BCUT2D eigenvalue weighted by Gasteiger charge is -2.15. The molecular weight excluding hydrogens is 803 g/mol. The van der Waals surface area contributed by atoms with E-state index in [1.807, 2.05) is 18.2 Å². The van der Waals surface area contributed by atoms with Gasteiger partial charge in [-0.05, 0) is 86.2 Å². The van der Waals surface area contributed by atoms with Gasteiger partial charge in [0.1, 0.15) is 0 Å². The average molecular weight is 840 g/mol. The second-order valence-electron chi connectivity index (χ2n) is 17.2. The Morgan fingerprint density at radius 1 is 0.258 bits per heavy atom. The zero-order chi connectivity index (χ0) is 43.3. The van der Waals surface area contributed by atoms with E-state index < -0.39 is 0 Å². The summed E-state index contributed by atoms with van der Waals surface area (Å²) in [7, 11) is 0. The number of nitrogens with zero attached hydrogens (tertiary/aromatic N) is 5. The molecule has 0 radical (unpaired) electrons. The van der Waals surface area contributed by atoms with Gasteiger partial charge in [0.25, 0.3) is 0 Å². The fraction of sp³-hybridized carbons (Fsp3) is 0. The normalized spacial score (nSPS) is 11.9. The largest absolute Gasteiger partial charge is 0.309 e. The third-order valence-corrected chi connectivity index (χ3v) is 13.5. The highest BCUT2D eigenvalue weighted by Crippen LogP contribution is 2.44. The van der Waals surface area contributed by atoms with Crippen molar-refractivity contribution in [1.82, 2.24) is 24.1 Å². The lowest BCUT2D eigenvalue weighted by Crippen LogP contribution is -2.00. The maximum atomic E-state index is 5.22. The number of hydrogen-bond donors (Lipinski definition) is 0. The Hall–Kier alpha value is -8.93. The zero-order valence-electron chi connectivity index (χ0n) is 35.6. The number of rotatable bonds is 5. The monoisotopic (exact) mass is 839 g/mol. The molecule has 0 amide bonds. The molecular formula is C61H37N5. The molecule has 0 saturated carbocycles. The first-order valence-corrected chi connectivity index (χ1v) is 22.4. The molecule has 0 bridgehead atoms. The van der Waals surface area contributed by atoms with Crippen LogP contribution in [0.2, 0.25) is 0 Å². The molecule has 11 aromatic carbocycles. The van der Waals surface area contributed by atoms with Gasteiger partial charge in [-0.15, -0.1) is 0 Å². The molecule has 0 saturated heterocycles. The summed E-state index contributed by atoms with van der Waals surface area (Å²) in [5.41, 5.74) is 9.77. The van der Waals surface area contributed by atoms with Crippen molar-refractivity contribution in [3.63, 3.8) is 0 Å². The summed E-state index contributed by atoms with van der Waals surface area (Å²) < 4.78 is 4.93. The van der Waals surface area contributed by atoms with E-state index >= 15 is 0 Å². The second kappa shape index (κ2) is 14.3. The first kappa shape index (κ1) is 36.5. The van der Waals surface area contributed by atoms with Crippen LogP contribution in [-0.4, -0.2) is 24.1 Å². The average Bonchev–Trinajstić information content (AvgIpc) is 3.90. The number of aromatic nitrogens is 5. The number of benzene rings is 11. The van der Waals surface area contributed by atoms with Crippen LogP contribution in [0.25, 0.3) is 132 Å². The Balaban J connectivity index is 0.979. The number of hydrogen-bond acceptors (Lipinski definition) is 3. The zero-order valence-corrected chi connectivity index (χ0v) is 35.6.